The van der Waals surface area contributed by atoms with Gasteiger partial charge in [0.05, 0.1) is 25.2 Å². The van der Waals surface area contributed by atoms with Gasteiger partial charge >= 0.3 is 12.1 Å². The zero-order valence-electron chi connectivity index (χ0n) is 19.1. The van der Waals surface area contributed by atoms with Crippen molar-refractivity contribution in [3.05, 3.63) is 65.5 Å². The van der Waals surface area contributed by atoms with E-state index < -0.39 is 35.8 Å². The Hall–Kier alpha value is -3.67. The number of hydrogen-bond acceptors (Lipinski definition) is 6. The Balaban J connectivity index is 1.68. The summed E-state index contributed by atoms with van der Waals surface area (Å²) in [4.78, 5) is 23.6. The normalized spacial score (nSPS) is 11.7. The number of hydrogen-bond donors (Lipinski definition) is 1. The van der Waals surface area contributed by atoms with Crippen LogP contribution in [0.25, 0.3) is 22.2 Å². The quantitative estimate of drug-likeness (QED) is 0.184. The van der Waals surface area contributed by atoms with E-state index in [1.807, 2.05) is 11.5 Å². The first kappa shape index (κ1) is 25.4. The summed E-state index contributed by atoms with van der Waals surface area (Å²) >= 11 is 1.27. The van der Waals surface area contributed by atoms with Crippen LogP contribution in [0.2, 0.25) is 0 Å². The average molecular weight is 521 g/mol. The van der Waals surface area contributed by atoms with Crippen molar-refractivity contribution in [2.45, 2.75) is 37.0 Å². The standard InChI is InChI=1S/C24H20F4N4O3S/c1-3-32-11-16(15-7-19(35-2)22(29-9-15)24(26,27)28)21-18(32)10-30-23(31-21)36-12-13-4-5-17(25)14(6-13)8-20(33)34/h4-7,9-11H,3,8,12H2,1-2H3,(H,33,34). The van der Waals surface area contributed by atoms with Crippen molar-refractivity contribution in [3.8, 4) is 16.9 Å². The number of methoxy groups -OCH3 is 1. The minimum atomic E-state index is -4.65. The Labute approximate surface area is 207 Å². The van der Waals surface area contributed by atoms with Crippen LogP contribution in [-0.4, -0.2) is 37.7 Å². The molecule has 0 aliphatic heterocycles. The molecule has 4 aromatic rings. The third-order valence-electron chi connectivity index (χ3n) is 5.41. The molecule has 1 aromatic carbocycles. The number of nitrogens with zero attached hydrogens (tertiary/aromatic N) is 4. The molecule has 0 saturated carbocycles. The molecule has 0 atom stereocenters. The Morgan fingerprint density at radius 1 is 1.19 bits per heavy atom. The highest BCUT2D eigenvalue weighted by atomic mass is 32.2. The van der Waals surface area contributed by atoms with Crippen LogP contribution in [0, 0.1) is 5.82 Å². The Kier molecular flexibility index (Phi) is 7.16. The van der Waals surface area contributed by atoms with Crippen molar-refractivity contribution >= 4 is 28.8 Å². The van der Waals surface area contributed by atoms with Gasteiger partial charge in [0.2, 0.25) is 0 Å². The van der Waals surface area contributed by atoms with Crippen LogP contribution in [0.1, 0.15) is 23.7 Å². The number of thioether (sulfide) groups is 1. The topological polar surface area (TPSA) is 90.1 Å². The van der Waals surface area contributed by atoms with Gasteiger partial charge in [0.1, 0.15) is 17.1 Å². The van der Waals surface area contributed by atoms with Gasteiger partial charge in [-0.05, 0) is 30.2 Å². The van der Waals surface area contributed by atoms with Crippen molar-refractivity contribution in [2.24, 2.45) is 0 Å². The van der Waals surface area contributed by atoms with E-state index in [-0.39, 0.29) is 5.56 Å². The second kappa shape index (κ2) is 10.1. The maximum Gasteiger partial charge on any atom is 0.437 e. The smallest absolute Gasteiger partial charge is 0.437 e. The number of carboxylic acid groups (broad SMARTS) is 1. The number of aliphatic carboxylic acids is 1. The largest absolute Gasteiger partial charge is 0.494 e. The molecule has 0 unspecified atom stereocenters. The van der Waals surface area contributed by atoms with Crippen molar-refractivity contribution in [2.75, 3.05) is 7.11 Å². The summed E-state index contributed by atoms with van der Waals surface area (Å²) in [5.74, 6) is -1.75. The summed E-state index contributed by atoms with van der Waals surface area (Å²) in [6.07, 6.45) is -0.538. The zero-order valence-corrected chi connectivity index (χ0v) is 20.0. The Bertz CT molecular complexity index is 1440. The molecule has 0 saturated heterocycles. The Morgan fingerprint density at radius 3 is 2.64 bits per heavy atom. The highest BCUT2D eigenvalue weighted by molar-refractivity contribution is 7.98. The van der Waals surface area contributed by atoms with Gasteiger partial charge in [-0.1, -0.05) is 23.9 Å². The molecule has 7 nitrogen and oxygen atoms in total. The molecule has 188 valence electrons. The number of carboxylic acids is 1. The van der Waals surface area contributed by atoms with E-state index in [4.69, 9.17) is 9.84 Å². The molecule has 0 bridgehead atoms. The summed E-state index contributed by atoms with van der Waals surface area (Å²) in [6.45, 7) is 2.50. The SMILES string of the molecule is CCn1cc(-c2cnc(C(F)(F)F)c(OC)c2)c2nc(SCc3ccc(F)c(CC(=O)O)c3)ncc21. The van der Waals surface area contributed by atoms with E-state index in [9.17, 15) is 22.4 Å². The van der Waals surface area contributed by atoms with Crippen molar-refractivity contribution in [1.29, 1.82) is 0 Å². The van der Waals surface area contributed by atoms with Crippen molar-refractivity contribution in [1.82, 2.24) is 19.5 Å². The van der Waals surface area contributed by atoms with E-state index >= 15 is 0 Å². The summed E-state index contributed by atoms with van der Waals surface area (Å²) in [5.41, 5.74) is 1.88. The third-order valence-corrected chi connectivity index (χ3v) is 6.34. The lowest BCUT2D eigenvalue weighted by atomic mass is 10.1. The van der Waals surface area contributed by atoms with E-state index in [0.717, 1.165) is 13.3 Å². The molecule has 0 fully saturated rings. The van der Waals surface area contributed by atoms with E-state index in [1.165, 1.54) is 30.0 Å². The van der Waals surface area contributed by atoms with E-state index in [1.54, 1.807) is 18.5 Å². The van der Waals surface area contributed by atoms with Gasteiger partial charge in [0, 0.05) is 35.8 Å². The van der Waals surface area contributed by atoms with Crippen LogP contribution < -0.4 is 4.74 Å². The number of alkyl halides is 3. The van der Waals surface area contributed by atoms with Crippen LogP contribution in [-0.2, 0) is 29.7 Å². The lowest BCUT2D eigenvalue weighted by molar-refractivity contribution is -0.142. The molecule has 36 heavy (non-hydrogen) atoms. The van der Waals surface area contributed by atoms with E-state index in [2.05, 4.69) is 15.0 Å². The van der Waals surface area contributed by atoms with Gasteiger partial charge in [0.25, 0.3) is 0 Å². The molecular weight excluding hydrogens is 500 g/mol. The zero-order chi connectivity index (χ0) is 26.0. The number of pyridine rings is 1. The fraction of sp³-hybridized carbons (Fsp3) is 0.250. The predicted octanol–water partition coefficient (Wildman–Crippen LogP) is 5.60. The van der Waals surface area contributed by atoms with Crippen molar-refractivity contribution < 1.29 is 32.2 Å². The number of fused-ring (bicyclic) bond motifs is 1. The number of carbonyl (C=O) groups is 1. The van der Waals surface area contributed by atoms with Crippen LogP contribution in [0.15, 0.2) is 48.0 Å². The fourth-order valence-corrected chi connectivity index (χ4v) is 4.48. The van der Waals surface area contributed by atoms with Crippen LogP contribution >= 0.6 is 11.8 Å². The number of aryl methyl sites for hydroxylation is 1. The second-order valence-corrected chi connectivity index (χ2v) is 8.72. The lowest BCUT2D eigenvalue weighted by Crippen LogP contribution is -2.10. The second-order valence-electron chi connectivity index (χ2n) is 7.77. The monoisotopic (exact) mass is 520 g/mol. The molecule has 4 rings (SSSR count). The van der Waals surface area contributed by atoms with Crippen molar-refractivity contribution in [3.63, 3.8) is 0 Å². The minimum absolute atomic E-state index is 0.0861. The molecule has 0 radical (unpaired) electrons. The first-order valence-electron chi connectivity index (χ1n) is 10.7. The van der Waals surface area contributed by atoms with Crippen LogP contribution in [0.5, 0.6) is 5.75 Å². The molecule has 0 aliphatic rings. The predicted molar refractivity (Wildman–Crippen MR) is 125 cm³/mol. The van der Waals surface area contributed by atoms with Gasteiger partial charge in [-0.3, -0.25) is 4.79 Å². The summed E-state index contributed by atoms with van der Waals surface area (Å²) in [6, 6.07) is 5.56. The highest BCUT2D eigenvalue weighted by Crippen LogP contribution is 2.38. The first-order chi connectivity index (χ1) is 17.1. The molecule has 3 heterocycles. The number of rotatable bonds is 8. The number of ether oxygens (including phenoxy) is 1. The molecule has 12 heteroatoms. The van der Waals surface area contributed by atoms with E-state index in [0.29, 0.717) is 45.2 Å². The summed E-state index contributed by atoms with van der Waals surface area (Å²) in [5, 5.41) is 9.36. The molecular formula is C24H20F4N4O3S. The summed E-state index contributed by atoms with van der Waals surface area (Å²) in [7, 11) is 1.15. The maximum absolute atomic E-state index is 13.9. The fourth-order valence-electron chi connectivity index (χ4n) is 3.72. The van der Waals surface area contributed by atoms with Gasteiger partial charge in [-0.25, -0.2) is 19.3 Å². The number of benzene rings is 1. The Morgan fingerprint density at radius 2 is 1.97 bits per heavy atom. The first-order valence-corrected chi connectivity index (χ1v) is 11.7. The average Bonchev–Trinajstić information content (AvgIpc) is 3.21. The molecule has 0 aliphatic carbocycles. The number of halogens is 4. The van der Waals surface area contributed by atoms with Crippen LogP contribution in [0.4, 0.5) is 17.6 Å². The molecule has 1 N–H and O–H groups in total. The summed E-state index contributed by atoms with van der Waals surface area (Å²) < 4.78 is 60.4. The van der Waals surface area contributed by atoms with Gasteiger partial charge in [0.15, 0.2) is 10.9 Å². The maximum atomic E-state index is 13.9. The van der Waals surface area contributed by atoms with Gasteiger partial charge in [-0.15, -0.1) is 0 Å². The minimum Gasteiger partial charge on any atom is -0.494 e. The third kappa shape index (κ3) is 5.27. The molecule has 0 spiro atoms. The lowest BCUT2D eigenvalue weighted by Gasteiger charge is -2.11. The molecule has 3 aromatic heterocycles. The van der Waals surface area contributed by atoms with Crippen LogP contribution in [0.3, 0.4) is 0 Å². The highest BCUT2D eigenvalue weighted by Gasteiger charge is 2.36. The van der Waals surface area contributed by atoms with Gasteiger partial charge in [-0.2, -0.15) is 13.2 Å². The van der Waals surface area contributed by atoms with Gasteiger partial charge < -0.3 is 14.4 Å². The number of aromatic nitrogens is 4. The molecule has 0 amide bonds.